The topological polar surface area (TPSA) is 85.4 Å². The minimum atomic E-state index is -3.79. The zero-order valence-corrected chi connectivity index (χ0v) is 15.8. The van der Waals surface area contributed by atoms with Crippen molar-refractivity contribution in [3.05, 3.63) is 59.7 Å². The third kappa shape index (κ3) is 4.69. The highest BCUT2D eigenvalue weighted by Gasteiger charge is 2.20. The van der Waals surface area contributed by atoms with E-state index in [9.17, 15) is 17.6 Å². The summed E-state index contributed by atoms with van der Waals surface area (Å²) in [5.74, 6) is -1.23. The molecule has 3 rings (SSSR count). The summed E-state index contributed by atoms with van der Waals surface area (Å²) in [5, 5.41) is 4.45. The first-order valence-electron chi connectivity index (χ1n) is 7.75. The van der Waals surface area contributed by atoms with Gasteiger partial charge in [-0.2, -0.15) is 0 Å². The number of aromatic nitrogens is 1. The van der Waals surface area contributed by atoms with Gasteiger partial charge in [0.25, 0.3) is 0 Å². The molecule has 1 amide bonds. The highest BCUT2D eigenvalue weighted by molar-refractivity contribution is 7.92. The number of ether oxygens (including phenoxy) is 1. The van der Waals surface area contributed by atoms with E-state index >= 15 is 0 Å². The van der Waals surface area contributed by atoms with E-state index < -0.39 is 21.5 Å². The molecule has 0 aliphatic rings. The smallest absolute Gasteiger partial charge is 0.241 e. The monoisotopic (exact) mass is 406 g/mol. The zero-order valence-electron chi connectivity index (χ0n) is 14.2. The van der Waals surface area contributed by atoms with Crippen LogP contribution in [0, 0.1) is 5.82 Å². The van der Waals surface area contributed by atoms with Crippen molar-refractivity contribution in [2.45, 2.75) is 4.90 Å². The minimum absolute atomic E-state index is 0.0320. The van der Waals surface area contributed by atoms with Crippen LogP contribution in [0.15, 0.2) is 58.8 Å². The summed E-state index contributed by atoms with van der Waals surface area (Å²) in [6.07, 6.45) is 0. The number of nitrogens with one attached hydrogen (secondary N) is 1. The van der Waals surface area contributed by atoms with Crippen LogP contribution in [0.3, 0.4) is 0 Å². The fraction of sp³-hybridized carbons (Fsp3) is 0.111. The first kappa shape index (κ1) is 19.0. The molecule has 3 aromatic rings. The first-order valence-corrected chi connectivity index (χ1v) is 10.3. The predicted molar refractivity (Wildman–Crippen MR) is 101 cm³/mol. The second kappa shape index (κ2) is 7.85. The van der Waals surface area contributed by atoms with Gasteiger partial charge in [-0.1, -0.05) is 0 Å². The molecule has 27 heavy (non-hydrogen) atoms. The molecule has 0 bridgehead atoms. The second-order valence-corrected chi connectivity index (χ2v) is 8.38. The van der Waals surface area contributed by atoms with Gasteiger partial charge in [-0.3, -0.25) is 4.79 Å². The summed E-state index contributed by atoms with van der Waals surface area (Å²) in [5.41, 5.74) is 1.26. The third-order valence-corrected chi connectivity index (χ3v) is 6.02. The molecule has 0 fully saturated rings. The highest BCUT2D eigenvalue weighted by atomic mass is 32.2. The molecule has 140 valence electrons. The normalized spacial score (nSPS) is 11.2. The van der Waals surface area contributed by atoms with Crippen molar-refractivity contribution < 1.29 is 22.3 Å². The standard InChI is InChI=1S/C18H15FN2O4S2/c1-25-14-6-8-15(9-7-14)27(23,24)11-17(22)21-18-20-16(10-26-18)12-2-4-13(19)5-3-12/h2-10H,11H2,1H3,(H,20,21,22). The Morgan fingerprint density at radius 2 is 1.81 bits per heavy atom. The molecule has 0 saturated carbocycles. The van der Waals surface area contributed by atoms with Crippen molar-refractivity contribution >= 4 is 32.2 Å². The van der Waals surface area contributed by atoms with Gasteiger partial charge >= 0.3 is 0 Å². The van der Waals surface area contributed by atoms with E-state index in [0.717, 1.165) is 11.3 Å². The Bertz CT molecular complexity index is 1050. The van der Waals surface area contributed by atoms with Gasteiger partial charge in [-0.05, 0) is 48.5 Å². The first-order chi connectivity index (χ1) is 12.9. The van der Waals surface area contributed by atoms with Crippen LogP contribution in [0.2, 0.25) is 0 Å². The lowest BCUT2D eigenvalue weighted by atomic mass is 10.2. The number of rotatable bonds is 6. The lowest BCUT2D eigenvalue weighted by molar-refractivity contribution is -0.113. The number of sulfone groups is 1. The summed E-state index contributed by atoms with van der Waals surface area (Å²) in [6.45, 7) is 0. The maximum absolute atomic E-state index is 13.0. The molecule has 0 atom stereocenters. The third-order valence-electron chi connectivity index (χ3n) is 3.63. The number of thiazole rings is 1. The fourth-order valence-electron chi connectivity index (χ4n) is 2.28. The summed E-state index contributed by atoms with van der Waals surface area (Å²) >= 11 is 1.16. The summed E-state index contributed by atoms with van der Waals surface area (Å²) in [4.78, 5) is 16.4. The van der Waals surface area contributed by atoms with Crippen LogP contribution < -0.4 is 10.1 Å². The van der Waals surface area contributed by atoms with Gasteiger partial charge in [0.15, 0.2) is 15.0 Å². The number of methoxy groups -OCH3 is 1. The number of carbonyl (C=O) groups excluding carboxylic acids is 1. The molecular formula is C18H15FN2O4S2. The van der Waals surface area contributed by atoms with Gasteiger partial charge in [0.2, 0.25) is 5.91 Å². The number of amides is 1. The molecule has 0 aliphatic carbocycles. The van der Waals surface area contributed by atoms with E-state index in [1.165, 1.54) is 43.5 Å². The Hall–Kier alpha value is -2.78. The van der Waals surface area contributed by atoms with Crippen LogP contribution in [-0.4, -0.2) is 32.2 Å². The van der Waals surface area contributed by atoms with Gasteiger partial charge in [0.1, 0.15) is 17.3 Å². The molecule has 0 radical (unpaired) electrons. The Labute approximate surface area is 159 Å². The quantitative estimate of drug-likeness (QED) is 0.678. The predicted octanol–water partition coefficient (Wildman–Crippen LogP) is 3.37. The number of nitrogens with zero attached hydrogens (tertiary/aromatic N) is 1. The van der Waals surface area contributed by atoms with Crippen molar-refractivity contribution in [1.29, 1.82) is 0 Å². The van der Waals surface area contributed by atoms with E-state index in [4.69, 9.17) is 4.74 Å². The second-order valence-electron chi connectivity index (χ2n) is 5.53. The number of carbonyl (C=O) groups is 1. The van der Waals surface area contributed by atoms with E-state index in [2.05, 4.69) is 10.3 Å². The van der Waals surface area contributed by atoms with Gasteiger partial charge in [-0.25, -0.2) is 17.8 Å². The maximum atomic E-state index is 13.0. The number of hydrogen-bond acceptors (Lipinski definition) is 6. The van der Waals surface area contributed by atoms with Crippen LogP contribution in [0.5, 0.6) is 5.75 Å². The lowest BCUT2D eigenvalue weighted by Gasteiger charge is -2.05. The van der Waals surface area contributed by atoms with Crippen molar-refractivity contribution in [1.82, 2.24) is 4.98 Å². The molecule has 6 nitrogen and oxygen atoms in total. The molecule has 1 heterocycles. The average Bonchev–Trinajstić information content (AvgIpc) is 3.10. The van der Waals surface area contributed by atoms with Gasteiger partial charge in [0, 0.05) is 10.9 Å². The van der Waals surface area contributed by atoms with E-state index in [1.807, 2.05) is 0 Å². The molecule has 0 spiro atoms. The van der Waals surface area contributed by atoms with E-state index in [-0.39, 0.29) is 15.8 Å². The SMILES string of the molecule is COc1ccc(S(=O)(=O)CC(=O)Nc2nc(-c3ccc(F)cc3)cs2)cc1. The van der Waals surface area contributed by atoms with Crippen LogP contribution >= 0.6 is 11.3 Å². The van der Waals surface area contributed by atoms with E-state index in [1.54, 1.807) is 17.5 Å². The number of anilines is 1. The van der Waals surface area contributed by atoms with Crippen LogP contribution in [0.4, 0.5) is 9.52 Å². The minimum Gasteiger partial charge on any atom is -0.497 e. The molecule has 0 unspecified atom stereocenters. The van der Waals surface area contributed by atoms with E-state index in [0.29, 0.717) is 17.0 Å². The highest BCUT2D eigenvalue weighted by Crippen LogP contribution is 2.25. The molecule has 0 saturated heterocycles. The van der Waals surface area contributed by atoms with Crippen LogP contribution in [0.25, 0.3) is 11.3 Å². The molecule has 0 aliphatic heterocycles. The van der Waals surface area contributed by atoms with Crippen LogP contribution in [0.1, 0.15) is 0 Å². The fourth-order valence-corrected chi connectivity index (χ4v) is 4.15. The maximum Gasteiger partial charge on any atom is 0.241 e. The molecule has 9 heteroatoms. The van der Waals surface area contributed by atoms with Crippen molar-refractivity contribution in [2.75, 3.05) is 18.2 Å². The summed E-state index contributed by atoms with van der Waals surface area (Å²) in [7, 11) is -2.31. The largest absolute Gasteiger partial charge is 0.497 e. The number of halogens is 1. The zero-order chi connectivity index (χ0) is 19.4. The van der Waals surface area contributed by atoms with Crippen molar-refractivity contribution in [3.8, 4) is 17.0 Å². The van der Waals surface area contributed by atoms with Crippen molar-refractivity contribution in [3.63, 3.8) is 0 Å². The Morgan fingerprint density at radius 1 is 1.15 bits per heavy atom. The lowest BCUT2D eigenvalue weighted by Crippen LogP contribution is -2.22. The Kier molecular flexibility index (Phi) is 5.52. The van der Waals surface area contributed by atoms with Crippen LogP contribution in [-0.2, 0) is 14.6 Å². The Morgan fingerprint density at radius 3 is 2.44 bits per heavy atom. The van der Waals surface area contributed by atoms with Crippen molar-refractivity contribution in [2.24, 2.45) is 0 Å². The molecule has 1 N–H and O–H groups in total. The summed E-state index contributed by atoms with van der Waals surface area (Å²) in [6, 6.07) is 11.6. The number of benzene rings is 2. The molecule has 1 aromatic heterocycles. The van der Waals surface area contributed by atoms with Gasteiger partial charge in [0.05, 0.1) is 17.7 Å². The van der Waals surface area contributed by atoms with Gasteiger partial charge < -0.3 is 10.1 Å². The average molecular weight is 406 g/mol. The molecule has 2 aromatic carbocycles. The Balaban J connectivity index is 1.67. The number of hydrogen-bond donors (Lipinski definition) is 1. The summed E-state index contributed by atoms with van der Waals surface area (Å²) < 4.78 is 42.6. The molecular weight excluding hydrogens is 391 g/mol. The van der Waals surface area contributed by atoms with Gasteiger partial charge in [-0.15, -0.1) is 11.3 Å².